The van der Waals surface area contributed by atoms with Gasteiger partial charge in [0.1, 0.15) is 11.0 Å². The van der Waals surface area contributed by atoms with Crippen molar-refractivity contribution in [3.05, 3.63) is 34.3 Å². The highest BCUT2D eigenvalue weighted by molar-refractivity contribution is 7.97. The van der Waals surface area contributed by atoms with Crippen molar-refractivity contribution in [3.63, 3.8) is 0 Å². The Morgan fingerprint density at radius 3 is 2.44 bits per heavy atom. The molecule has 0 fully saturated rings. The van der Waals surface area contributed by atoms with Crippen LogP contribution >= 0.6 is 11.6 Å². The molecular weight excluding hydrogens is 384 g/mol. The molecule has 6 heteroatoms. The molecule has 1 unspecified atom stereocenters. The summed E-state index contributed by atoms with van der Waals surface area (Å²) in [6.45, 7) is 9.24. The molecule has 0 saturated heterocycles. The lowest BCUT2D eigenvalue weighted by Gasteiger charge is -2.43. The largest absolute Gasteiger partial charge is 0.355 e. The van der Waals surface area contributed by atoms with Crippen LogP contribution in [-0.4, -0.2) is 49.3 Å². The van der Waals surface area contributed by atoms with Crippen molar-refractivity contribution in [2.75, 3.05) is 27.1 Å². The van der Waals surface area contributed by atoms with Crippen LogP contribution in [0.25, 0.3) is 0 Å². The monoisotopic (exact) mass is 415 g/mol. The average molecular weight is 416 g/mol. The number of benzene rings is 1. The van der Waals surface area contributed by atoms with E-state index in [0.29, 0.717) is 30.0 Å². The van der Waals surface area contributed by atoms with Gasteiger partial charge in [-0.15, -0.1) is 0 Å². The zero-order valence-corrected chi connectivity index (χ0v) is 19.0. The van der Waals surface area contributed by atoms with Crippen LogP contribution in [0.1, 0.15) is 56.5 Å². The molecule has 27 heavy (non-hydrogen) atoms. The van der Waals surface area contributed by atoms with E-state index in [1.807, 2.05) is 12.1 Å². The Labute approximate surface area is 171 Å². The summed E-state index contributed by atoms with van der Waals surface area (Å²) in [6.07, 6.45) is 2.77. The Bertz CT molecular complexity index is 669. The molecule has 0 aromatic heterocycles. The first-order valence-corrected chi connectivity index (χ1v) is 11.3. The molecule has 3 atom stereocenters. The van der Waals surface area contributed by atoms with Crippen molar-refractivity contribution in [1.29, 1.82) is 0 Å². The summed E-state index contributed by atoms with van der Waals surface area (Å²) in [5.74, 6) is 0.104. The van der Waals surface area contributed by atoms with Gasteiger partial charge in [0.15, 0.2) is 12.1 Å². The van der Waals surface area contributed by atoms with E-state index in [1.165, 1.54) is 0 Å². The van der Waals surface area contributed by atoms with Crippen LogP contribution in [0.4, 0.5) is 0 Å². The van der Waals surface area contributed by atoms with E-state index in [2.05, 4.69) is 34.0 Å². The van der Waals surface area contributed by atoms with Gasteiger partial charge in [-0.1, -0.05) is 17.7 Å². The molecule has 1 aromatic rings. The molecule has 0 aliphatic heterocycles. The van der Waals surface area contributed by atoms with E-state index in [-0.39, 0.29) is 26.9 Å². The Morgan fingerprint density at radius 2 is 1.89 bits per heavy atom. The number of rotatable bonds is 7. The van der Waals surface area contributed by atoms with Gasteiger partial charge in [-0.3, -0.25) is 4.79 Å². The normalized spacial score (nSPS) is 22.6. The molecule has 2 rings (SSSR count). The van der Waals surface area contributed by atoms with Gasteiger partial charge in [0.05, 0.1) is 12.0 Å². The predicted molar refractivity (Wildman–Crippen MR) is 113 cm³/mol. The molecule has 152 valence electrons. The standard InChI is InChI=1S/C21H32ClO4S/c1-14(27(7)20(2,3)4)26-13-21(19(24-5)25-6)11-10-18(23)16-12-15(22)8-9-17(16)21/h8-9,12,14,19H,10-11,13H2,1-7H3/q+1/t14-,21-,27?/m0/s1. The molecule has 1 aliphatic carbocycles. The van der Waals surface area contributed by atoms with Crippen LogP contribution in [0, 0.1) is 0 Å². The fourth-order valence-electron chi connectivity index (χ4n) is 3.66. The van der Waals surface area contributed by atoms with Crippen LogP contribution in [0.5, 0.6) is 0 Å². The number of fused-ring (bicyclic) bond motifs is 1. The van der Waals surface area contributed by atoms with Crippen molar-refractivity contribution in [2.45, 2.75) is 62.4 Å². The van der Waals surface area contributed by atoms with Gasteiger partial charge in [-0.2, -0.15) is 0 Å². The maximum absolute atomic E-state index is 12.5. The van der Waals surface area contributed by atoms with Gasteiger partial charge >= 0.3 is 0 Å². The summed E-state index contributed by atoms with van der Waals surface area (Å²) in [6, 6.07) is 5.49. The number of halogens is 1. The van der Waals surface area contributed by atoms with E-state index in [1.54, 1.807) is 20.3 Å². The van der Waals surface area contributed by atoms with Gasteiger partial charge in [-0.05, 0) is 44.9 Å². The van der Waals surface area contributed by atoms with Crippen molar-refractivity contribution >= 4 is 28.3 Å². The lowest BCUT2D eigenvalue weighted by molar-refractivity contribution is -0.169. The summed E-state index contributed by atoms with van der Waals surface area (Å²) in [7, 11) is 3.33. The zero-order valence-electron chi connectivity index (χ0n) is 17.4. The number of hydrogen-bond acceptors (Lipinski definition) is 4. The number of ketones is 1. The van der Waals surface area contributed by atoms with Gasteiger partial charge < -0.3 is 14.2 Å². The number of carbonyl (C=O) groups excluding carboxylic acids is 1. The van der Waals surface area contributed by atoms with Crippen molar-refractivity contribution < 1.29 is 19.0 Å². The lowest BCUT2D eigenvalue weighted by atomic mass is 9.69. The van der Waals surface area contributed by atoms with E-state index >= 15 is 0 Å². The third-order valence-corrected chi connectivity index (χ3v) is 8.83. The quantitative estimate of drug-likeness (QED) is 0.483. The minimum absolute atomic E-state index is 0.0678. The highest BCUT2D eigenvalue weighted by Crippen LogP contribution is 2.43. The first kappa shape index (κ1) is 22.7. The average Bonchev–Trinajstić information content (AvgIpc) is 2.61. The van der Waals surface area contributed by atoms with Crippen molar-refractivity contribution in [2.24, 2.45) is 0 Å². The lowest BCUT2D eigenvalue weighted by Crippen LogP contribution is -2.50. The number of ether oxygens (including phenoxy) is 3. The molecule has 0 saturated carbocycles. The number of methoxy groups -OCH3 is 2. The molecule has 0 spiro atoms. The molecule has 0 heterocycles. The third-order valence-electron chi connectivity index (χ3n) is 5.54. The van der Waals surface area contributed by atoms with E-state index in [9.17, 15) is 4.79 Å². The van der Waals surface area contributed by atoms with E-state index < -0.39 is 11.7 Å². The molecule has 0 bridgehead atoms. The smallest absolute Gasteiger partial charge is 0.215 e. The van der Waals surface area contributed by atoms with Crippen molar-refractivity contribution in [3.8, 4) is 0 Å². The maximum Gasteiger partial charge on any atom is 0.215 e. The molecule has 1 aliphatic rings. The summed E-state index contributed by atoms with van der Waals surface area (Å²) in [5.41, 5.74) is 1.09. The fraction of sp³-hybridized carbons (Fsp3) is 0.667. The SMILES string of the molecule is COC(OC)[C@]1(CO[C@H](C)[S+](C)C(C)(C)C)CCC(=O)c2cc(Cl)ccc21. The van der Waals surface area contributed by atoms with Crippen LogP contribution in [0.15, 0.2) is 18.2 Å². The predicted octanol–water partition coefficient (Wildman–Crippen LogP) is 4.58. The number of Topliss-reactive ketones (excluding diaryl/α,β-unsaturated/α-hetero) is 1. The summed E-state index contributed by atoms with van der Waals surface area (Å²) >= 11 is 6.16. The molecule has 1 aromatic carbocycles. The number of hydrogen-bond donors (Lipinski definition) is 0. The van der Waals surface area contributed by atoms with Gasteiger partial charge in [0, 0.05) is 49.0 Å². The van der Waals surface area contributed by atoms with E-state index in [0.717, 1.165) is 5.56 Å². The van der Waals surface area contributed by atoms with Crippen LogP contribution < -0.4 is 0 Å². The molecule has 4 nitrogen and oxygen atoms in total. The minimum Gasteiger partial charge on any atom is -0.355 e. The second-order valence-corrected chi connectivity index (χ2v) is 11.6. The maximum atomic E-state index is 12.5. The highest BCUT2D eigenvalue weighted by atomic mass is 35.5. The first-order chi connectivity index (χ1) is 12.6. The topological polar surface area (TPSA) is 44.8 Å². The zero-order chi connectivity index (χ0) is 20.4. The number of carbonyl (C=O) groups is 1. The third kappa shape index (κ3) is 4.70. The first-order valence-electron chi connectivity index (χ1n) is 9.22. The Morgan fingerprint density at radius 1 is 1.26 bits per heavy atom. The molecular formula is C21H32ClO4S+. The summed E-state index contributed by atoms with van der Waals surface area (Å²) < 4.78 is 17.9. The Kier molecular flexibility index (Phi) is 7.42. The Balaban J connectivity index is 2.41. The van der Waals surface area contributed by atoms with E-state index in [4.69, 9.17) is 25.8 Å². The fourth-order valence-corrected chi connectivity index (χ4v) is 5.10. The van der Waals surface area contributed by atoms with Crippen LogP contribution in [0.3, 0.4) is 0 Å². The summed E-state index contributed by atoms with van der Waals surface area (Å²) in [5, 5.41) is 0.557. The second kappa shape index (κ2) is 8.83. The van der Waals surface area contributed by atoms with Gasteiger partial charge in [-0.25, -0.2) is 0 Å². The second-order valence-electron chi connectivity index (χ2n) is 8.12. The van der Waals surface area contributed by atoms with Crippen LogP contribution in [-0.2, 0) is 30.5 Å². The minimum atomic E-state index is -0.548. The molecule has 0 amide bonds. The molecule has 0 radical (unpaired) electrons. The van der Waals surface area contributed by atoms with Gasteiger partial charge in [0.2, 0.25) is 5.44 Å². The summed E-state index contributed by atoms with van der Waals surface area (Å²) in [4.78, 5) is 12.5. The van der Waals surface area contributed by atoms with Crippen molar-refractivity contribution in [1.82, 2.24) is 0 Å². The molecule has 0 N–H and O–H groups in total. The highest BCUT2D eigenvalue weighted by Gasteiger charge is 2.48. The van der Waals surface area contributed by atoms with Gasteiger partial charge in [0.25, 0.3) is 0 Å². The van der Waals surface area contributed by atoms with Crippen LogP contribution in [0.2, 0.25) is 5.02 Å². The Hall–Kier alpha value is -0.590.